The van der Waals surface area contributed by atoms with Gasteiger partial charge in [-0.3, -0.25) is 9.78 Å². The third-order valence-electron chi connectivity index (χ3n) is 2.01. The van der Waals surface area contributed by atoms with E-state index in [2.05, 4.69) is 4.98 Å². The molecule has 0 spiro atoms. The second kappa shape index (κ2) is 4.14. The number of carbonyl (C=O) groups excluding carboxylic acids is 1. The Morgan fingerprint density at radius 3 is 2.54 bits per heavy atom. The summed E-state index contributed by atoms with van der Waals surface area (Å²) < 4.78 is 0. The normalized spacial score (nSPS) is 12.9. The lowest BCUT2D eigenvalue weighted by Crippen LogP contribution is -2.17. The molecule has 0 saturated heterocycles. The lowest BCUT2D eigenvalue weighted by molar-refractivity contribution is 0.112. The lowest BCUT2D eigenvalue weighted by atomic mass is 10.0. The van der Waals surface area contributed by atoms with Crippen molar-refractivity contribution in [1.82, 2.24) is 4.98 Å². The quantitative estimate of drug-likeness (QED) is 0.714. The molecule has 0 amide bonds. The standard InChI is InChI=1S/C10H14N2O/c1-7(2)10(11)9-4-3-8(6-13)5-12-9/h3-7,10H,11H2,1-2H3/t10-/m0/s1. The highest BCUT2D eigenvalue weighted by Crippen LogP contribution is 2.15. The summed E-state index contributed by atoms with van der Waals surface area (Å²) in [6.07, 6.45) is 2.32. The van der Waals surface area contributed by atoms with E-state index in [1.54, 1.807) is 18.3 Å². The molecule has 3 nitrogen and oxygen atoms in total. The fourth-order valence-electron chi connectivity index (χ4n) is 1.03. The van der Waals surface area contributed by atoms with Gasteiger partial charge in [0.1, 0.15) is 0 Å². The Morgan fingerprint density at radius 1 is 1.46 bits per heavy atom. The maximum absolute atomic E-state index is 10.4. The number of nitrogens with two attached hydrogens (primary N) is 1. The Bertz CT molecular complexity index is 279. The molecular weight excluding hydrogens is 164 g/mol. The minimum Gasteiger partial charge on any atom is -0.322 e. The molecule has 0 aliphatic carbocycles. The van der Waals surface area contributed by atoms with E-state index in [9.17, 15) is 4.79 Å². The molecule has 0 fully saturated rings. The number of hydrogen-bond acceptors (Lipinski definition) is 3. The summed E-state index contributed by atoms with van der Waals surface area (Å²) in [4.78, 5) is 14.5. The summed E-state index contributed by atoms with van der Waals surface area (Å²) in [7, 11) is 0. The van der Waals surface area contributed by atoms with Crippen LogP contribution >= 0.6 is 0 Å². The zero-order valence-corrected chi connectivity index (χ0v) is 7.90. The van der Waals surface area contributed by atoms with Crippen molar-refractivity contribution in [3.63, 3.8) is 0 Å². The molecule has 1 aromatic heterocycles. The van der Waals surface area contributed by atoms with Crippen LogP contribution in [0.3, 0.4) is 0 Å². The van der Waals surface area contributed by atoms with E-state index in [-0.39, 0.29) is 6.04 Å². The van der Waals surface area contributed by atoms with Gasteiger partial charge in [-0.05, 0) is 18.1 Å². The first kappa shape index (κ1) is 9.86. The average molecular weight is 178 g/mol. The monoisotopic (exact) mass is 178 g/mol. The van der Waals surface area contributed by atoms with Gasteiger partial charge in [-0.15, -0.1) is 0 Å². The summed E-state index contributed by atoms with van der Waals surface area (Å²) in [6, 6.07) is 3.48. The van der Waals surface area contributed by atoms with Crippen LogP contribution in [0, 0.1) is 5.92 Å². The van der Waals surface area contributed by atoms with E-state index in [1.165, 1.54) is 0 Å². The van der Waals surface area contributed by atoms with E-state index in [0.717, 1.165) is 12.0 Å². The van der Waals surface area contributed by atoms with Crippen LogP contribution in [0.4, 0.5) is 0 Å². The number of aromatic nitrogens is 1. The van der Waals surface area contributed by atoms with Crippen molar-refractivity contribution in [2.24, 2.45) is 11.7 Å². The number of carbonyl (C=O) groups is 1. The van der Waals surface area contributed by atoms with Crippen LogP contribution in [0.25, 0.3) is 0 Å². The summed E-state index contributed by atoms with van der Waals surface area (Å²) >= 11 is 0. The fourth-order valence-corrected chi connectivity index (χ4v) is 1.03. The van der Waals surface area contributed by atoms with E-state index in [0.29, 0.717) is 11.5 Å². The van der Waals surface area contributed by atoms with Gasteiger partial charge in [0.05, 0.1) is 5.69 Å². The van der Waals surface area contributed by atoms with Crippen LogP contribution in [-0.2, 0) is 0 Å². The van der Waals surface area contributed by atoms with Crippen molar-refractivity contribution in [1.29, 1.82) is 0 Å². The summed E-state index contributed by atoms with van der Waals surface area (Å²) in [5.74, 6) is 0.356. The molecule has 1 heterocycles. The highest BCUT2D eigenvalue weighted by Gasteiger charge is 2.10. The summed E-state index contributed by atoms with van der Waals surface area (Å²) in [5.41, 5.74) is 7.30. The minimum absolute atomic E-state index is 0.0549. The molecule has 13 heavy (non-hydrogen) atoms. The molecule has 0 radical (unpaired) electrons. The first-order chi connectivity index (χ1) is 6.15. The number of aldehydes is 1. The third-order valence-corrected chi connectivity index (χ3v) is 2.01. The molecule has 1 atom stereocenters. The number of rotatable bonds is 3. The Balaban J connectivity index is 2.85. The van der Waals surface area contributed by atoms with Gasteiger partial charge in [-0.1, -0.05) is 13.8 Å². The molecule has 0 unspecified atom stereocenters. The van der Waals surface area contributed by atoms with Gasteiger partial charge in [0.2, 0.25) is 0 Å². The minimum atomic E-state index is -0.0549. The van der Waals surface area contributed by atoms with Gasteiger partial charge in [-0.25, -0.2) is 0 Å². The molecule has 3 heteroatoms. The van der Waals surface area contributed by atoms with Gasteiger partial charge in [0.15, 0.2) is 6.29 Å². The smallest absolute Gasteiger partial charge is 0.151 e. The second-order valence-electron chi connectivity index (χ2n) is 3.40. The van der Waals surface area contributed by atoms with Crippen LogP contribution in [0.2, 0.25) is 0 Å². The summed E-state index contributed by atoms with van der Waals surface area (Å²) in [6.45, 7) is 4.08. The molecule has 70 valence electrons. The zero-order valence-electron chi connectivity index (χ0n) is 7.90. The highest BCUT2D eigenvalue weighted by molar-refractivity contribution is 5.73. The molecule has 0 aromatic carbocycles. The van der Waals surface area contributed by atoms with Gasteiger partial charge >= 0.3 is 0 Å². The molecule has 2 N–H and O–H groups in total. The largest absolute Gasteiger partial charge is 0.322 e. The van der Waals surface area contributed by atoms with Crippen molar-refractivity contribution in [2.75, 3.05) is 0 Å². The Hall–Kier alpha value is -1.22. The van der Waals surface area contributed by atoms with Crippen LogP contribution in [0.5, 0.6) is 0 Å². The maximum atomic E-state index is 10.4. The molecule has 0 aliphatic heterocycles. The highest BCUT2D eigenvalue weighted by atomic mass is 16.1. The zero-order chi connectivity index (χ0) is 9.84. The first-order valence-electron chi connectivity index (χ1n) is 4.32. The van der Waals surface area contributed by atoms with Gasteiger partial charge in [0, 0.05) is 17.8 Å². The molecule has 0 aliphatic rings. The van der Waals surface area contributed by atoms with Crippen molar-refractivity contribution in [2.45, 2.75) is 19.9 Å². The second-order valence-corrected chi connectivity index (χ2v) is 3.40. The Labute approximate surface area is 78.0 Å². The Kier molecular flexibility index (Phi) is 3.14. The number of pyridine rings is 1. The molecular formula is C10H14N2O. The lowest BCUT2D eigenvalue weighted by Gasteiger charge is -2.14. The van der Waals surface area contributed by atoms with Crippen LogP contribution in [0.15, 0.2) is 18.3 Å². The van der Waals surface area contributed by atoms with Crippen LogP contribution in [-0.4, -0.2) is 11.3 Å². The predicted octanol–water partition coefficient (Wildman–Crippen LogP) is 1.55. The van der Waals surface area contributed by atoms with Crippen molar-refractivity contribution >= 4 is 6.29 Å². The maximum Gasteiger partial charge on any atom is 0.151 e. The van der Waals surface area contributed by atoms with Crippen LogP contribution in [0.1, 0.15) is 35.9 Å². The molecule has 1 aromatic rings. The molecule has 0 bridgehead atoms. The van der Waals surface area contributed by atoms with Crippen molar-refractivity contribution < 1.29 is 4.79 Å². The molecule has 0 saturated carbocycles. The topological polar surface area (TPSA) is 56.0 Å². The van der Waals surface area contributed by atoms with Gasteiger partial charge < -0.3 is 5.73 Å². The third kappa shape index (κ3) is 2.36. The number of hydrogen-bond donors (Lipinski definition) is 1. The van der Waals surface area contributed by atoms with Gasteiger partial charge in [0.25, 0.3) is 0 Å². The van der Waals surface area contributed by atoms with E-state index in [1.807, 2.05) is 13.8 Å². The fraction of sp³-hybridized carbons (Fsp3) is 0.400. The predicted molar refractivity (Wildman–Crippen MR) is 51.4 cm³/mol. The van der Waals surface area contributed by atoms with Gasteiger partial charge in [-0.2, -0.15) is 0 Å². The van der Waals surface area contributed by atoms with Crippen molar-refractivity contribution in [3.8, 4) is 0 Å². The molecule has 1 rings (SSSR count). The van der Waals surface area contributed by atoms with Crippen molar-refractivity contribution in [3.05, 3.63) is 29.6 Å². The van der Waals surface area contributed by atoms with E-state index < -0.39 is 0 Å². The number of nitrogens with zero attached hydrogens (tertiary/aromatic N) is 1. The summed E-state index contributed by atoms with van der Waals surface area (Å²) in [5, 5.41) is 0. The first-order valence-corrected chi connectivity index (χ1v) is 4.32. The Morgan fingerprint density at radius 2 is 2.15 bits per heavy atom. The van der Waals surface area contributed by atoms with E-state index in [4.69, 9.17) is 5.73 Å². The average Bonchev–Trinajstić information content (AvgIpc) is 2.17. The SMILES string of the molecule is CC(C)[C@H](N)c1ccc(C=O)cn1. The van der Waals surface area contributed by atoms with Crippen LogP contribution < -0.4 is 5.73 Å². The van der Waals surface area contributed by atoms with E-state index >= 15 is 0 Å².